The van der Waals surface area contributed by atoms with Gasteiger partial charge < -0.3 is 15.4 Å². The number of ketones is 1. The Morgan fingerprint density at radius 2 is 2.11 bits per heavy atom. The molecule has 1 spiro atoms. The zero-order valence-corrected chi connectivity index (χ0v) is 16.8. The number of allylic oxidation sites excluding steroid dienone is 1. The molecule has 2 fully saturated rings. The number of fused-ring (bicyclic) bond motifs is 2. The van der Waals surface area contributed by atoms with Crippen molar-refractivity contribution in [3.05, 3.63) is 40.1 Å². The second kappa shape index (κ2) is 7.81. The molecule has 2 bridgehead atoms. The lowest BCUT2D eigenvalue weighted by atomic mass is 9.95. The first-order valence-corrected chi connectivity index (χ1v) is 10.3. The molecule has 2 N–H and O–H groups in total. The van der Waals surface area contributed by atoms with E-state index < -0.39 is 0 Å². The molecule has 144 valence electrons. The lowest BCUT2D eigenvalue weighted by molar-refractivity contribution is -0.121. The Kier molecular flexibility index (Phi) is 5.43. The van der Waals surface area contributed by atoms with Crippen LogP contribution >= 0.6 is 15.9 Å². The molecule has 1 saturated carbocycles. The number of aromatic nitrogens is 1. The smallest absolute Gasteiger partial charge is 0.220 e. The van der Waals surface area contributed by atoms with Crippen molar-refractivity contribution in [2.45, 2.75) is 50.8 Å². The van der Waals surface area contributed by atoms with E-state index in [1.807, 2.05) is 24.3 Å². The highest BCUT2D eigenvalue weighted by Gasteiger charge is 2.61. The van der Waals surface area contributed by atoms with Gasteiger partial charge in [0.05, 0.1) is 31.4 Å². The first-order chi connectivity index (χ1) is 13.1. The number of nitrogens with zero attached hydrogens (tertiary/aromatic N) is 1. The van der Waals surface area contributed by atoms with Crippen LogP contribution in [-0.4, -0.2) is 41.9 Å². The SMILES string of the molecule is O=C1CCC=CCOCc2ccc(Br)nc2CC(=O)[C@@H]2C[C@@]3(CN1)C[C@H]3N2. The van der Waals surface area contributed by atoms with Crippen molar-refractivity contribution in [3.63, 3.8) is 0 Å². The van der Waals surface area contributed by atoms with E-state index in [1.54, 1.807) is 0 Å². The first-order valence-electron chi connectivity index (χ1n) is 9.48. The van der Waals surface area contributed by atoms with Crippen LogP contribution in [0.25, 0.3) is 0 Å². The standard InChI is InChI=1S/C20H24BrN3O3/c21-18-6-5-13-11-27-7-3-1-2-4-19(26)22-12-20-9-15(23-17(20)10-20)16(25)8-14(13)24-18/h1,3,5-6,15,17,23H,2,4,7-12H2,(H,22,26)/t15-,17+,20-/m0/s1. The van der Waals surface area contributed by atoms with Gasteiger partial charge in [-0.1, -0.05) is 18.2 Å². The third kappa shape index (κ3) is 4.31. The van der Waals surface area contributed by atoms with Crippen molar-refractivity contribution in [1.82, 2.24) is 15.6 Å². The summed E-state index contributed by atoms with van der Waals surface area (Å²) in [5.74, 6) is 0.227. The number of Topliss-reactive ketones (excluding diaryl/α,β-unsaturated/α-hetero) is 1. The largest absolute Gasteiger partial charge is 0.373 e. The summed E-state index contributed by atoms with van der Waals surface area (Å²) in [6.07, 6.45) is 7.21. The normalized spacial score (nSPS) is 31.6. The average molecular weight is 434 g/mol. The Morgan fingerprint density at radius 1 is 1.22 bits per heavy atom. The molecule has 0 unspecified atom stereocenters. The Balaban J connectivity index is 1.52. The Morgan fingerprint density at radius 3 is 3.00 bits per heavy atom. The van der Waals surface area contributed by atoms with E-state index in [2.05, 4.69) is 31.5 Å². The van der Waals surface area contributed by atoms with Crippen LogP contribution in [0.4, 0.5) is 0 Å². The highest BCUT2D eigenvalue weighted by molar-refractivity contribution is 9.10. The van der Waals surface area contributed by atoms with Crippen LogP contribution in [-0.2, 0) is 27.4 Å². The molecule has 1 aliphatic carbocycles. The average Bonchev–Trinajstić information content (AvgIpc) is 3.20. The number of carbonyl (C=O) groups excluding carboxylic acids is 2. The van der Waals surface area contributed by atoms with Gasteiger partial charge in [-0.05, 0) is 46.8 Å². The molecule has 2 aliphatic heterocycles. The summed E-state index contributed by atoms with van der Waals surface area (Å²) in [6.45, 7) is 1.54. The Bertz CT molecular complexity index is 782. The van der Waals surface area contributed by atoms with E-state index in [0.29, 0.717) is 45.1 Å². The number of nitrogens with one attached hydrogen (secondary N) is 2. The number of rotatable bonds is 0. The fourth-order valence-electron chi connectivity index (χ4n) is 4.07. The van der Waals surface area contributed by atoms with Crippen LogP contribution in [0.3, 0.4) is 0 Å². The van der Waals surface area contributed by atoms with Crippen molar-refractivity contribution < 1.29 is 14.3 Å². The maximum atomic E-state index is 12.9. The number of pyridine rings is 1. The third-order valence-corrected chi connectivity index (χ3v) is 6.22. The quantitative estimate of drug-likeness (QED) is 0.483. The molecule has 3 atom stereocenters. The number of halogens is 1. The molecule has 7 heteroatoms. The highest BCUT2D eigenvalue weighted by Crippen LogP contribution is 2.54. The molecule has 1 aromatic rings. The van der Waals surface area contributed by atoms with Crippen LogP contribution in [0, 0.1) is 5.41 Å². The van der Waals surface area contributed by atoms with Crippen LogP contribution in [0.5, 0.6) is 0 Å². The number of piperidine rings is 1. The molecule has 0 aromatic carbocycles. The van der Waals surface area contributed by atoms with Crippen molar-refractivity contribution >= 4 is 27.6 Å². The van der Waals surface area contributed by atoms with Gasteiger partial charge in [0.25, 0.3) is 0 Å². The zero-order valence-electron chi connectivity index (χ0n) is 15.2. The number of hydrogen-bond donors (Lipinski definition) is 2. The van der Waals surface area contributed by atoms with Gasteiger partial charge in [-0.2, -0.15) is 0 Å². The lowest BCUT2D eigenvalue weighted by Crippen LogP contribution is -2.35. The molecular weight excluding hydrogens is 410 g/mol. The van der Waals surface area contributed by atoms with Crippen LogP contribution < -0.4 is 10.6 Å². The van der Waals surface area contributed by atoms with Gasteiger partial charge in [0, 0.05) is 24.4 Å². The monoisotopic (exact) mass is 433 g/mol. The topological polar surface area (TPSA) is 80.3 Å². The van der Waals surface area contributed by atoms with E-state index in [0.717, 1.165) is 28.7 Å². The minimum absolute atomic E-state index is 0.0520. The molecule has 1 saturated heterocycles. The number of hydrogen-bond acceptors (Lipinski definition) is 5. The minimum atomic E-state index is -0.160. The summed E-state index contributed by atoms with van der Waals surface area (Å²) < 4.78 is 6.43. The van der Waals surface area contributed by atoms with Crippen molar-refractivity contribution in [3.8, 4) is 0 Å². The first kappa shape index (κ1) is 18.8. The predicted molar refractivity (Wildman–Crippen MR) is 104 cm³/mol. The van der Waals surface area contributed by atoms with E-state index in [1.165, 1.54) is 0 Å². The second-order valence-corrected chi connectivity index (χ2v) is 8.54. The highest BCUT2D eigenvalue weighted by atomic mass is 79.9. The van der Waals surface area contributed by atoms with E-state index in [-0.39, 0.29) is 23.1 Å². The Labute approximate surface area is 167 Å². The molecule has 1 amide bonds. The van der Waals surface area contributed by atoms with E-state index >= 15 is 0 Å². The fourth-order valence-corrected chi connectivity index (χ4v) is 4.41. The molecule has 0 radical (unpaired) electrons. The lowest BCUT2D eigenvalue weighted by Gasteiger charge is -2.17. The molecule has 1 aromatic heterocycles. The minimum Gasteiger partial charge on any atom is -0.373 e. The number of carbonyl (C=O) groups is 2. The summed E-state index contributed by atoms with van der Waals surface area (Å²) in [7, 11) is 0. The summed E-state index contributed by atoms with van der Waals surface area (Å²) >= 11 is 3.40. The number of amides is 1. The van der Waals surface area contributed by atoms with Crippen LogP contribution in [0.15, 0.2) is 28.9 Å². The van der Waals surface area contributed by atoms with Gasteiger partial charge in [-0.15, -0.1) is 0 Å². The fraction of sp³-hybridized carbons (Fsp3) is 0.550. The summed E-state index contributed by atoms with van der Waals surface area (Å²) in [5.41, 5.74) is 1.77. The summed E-state index contributed by atoms with van der Waals surface area (Å²) in [5, 5.41) is 6.50. The summed E-state index contributed by atoms with van der Waals surface area (Å²) in [6, 6.07) is 4.01. The molecule has 6 nitrogen and oxygen atoms in total. The second-order valence-electron chi connectivity index (χ2n) is 7.73. The molecule has 3 heterocycles. The van der Waals surface area contributed by atoms with Gasteiger partial charge in [0.2, 0.25) is 5.91 Å². The maximum absolute atomic E-state index is 12.9. The van der Waals surface area contributed by atoms with Gasteiger partial charge in [0.1, 0.15) is 4.60 Å². The molecule has 4 rings (SSSR count). The van der Waals surface area contributed by atoms with Gasteiger partial charge in [0.15, 0.2) is 5.78 Å². The number of ether oxygens (including phenoxy) is 1. The van der Waals surface area contributed by atoms with Crippen molar-refractivity contribution in [2.75, 3.05) is 13.2 Å². The molecule has 3 aliphatic rings. The van der Waals surface area contributed by atoms with Crippen molar-refractivity contribution in [1.29, 1.82) is 0 Å². The Hall–Kier alpha value is -1.57. The third-order valence-electron chi connectivity index (χ3n) is 5.78. The van der Waals surface area contributed by atoms with Crippen LogP contribution in [0.2, 0.25) is 0 Å². The van der Waals surface area contributed by atoms with Crippen LogP contribution in [0.1, 0.15) is 36.9 Å². The molecule has 27 heavy (non-hydrogen) atoms. The van der Waals surface area contributed by atoms with E-state index in [9.17, 15) is 9.59 Å². The zero-order chi connectivity index (χ0) is 18.9. The predicted octanol–water partition coefficient (Wildman–Crippen LogP) is 2.06. The van der Waals surface area contributed by atoms with Crippen molar-refractivity contribution in [2.24, 2.45) is 5.41 Å². The van der Waals surface area contributed by atoms with Gasteiger partial charge >= 0.3 is 0 Å². The summed E-state index contributed by atoms with van der Waals surface area (Å²) in [4.78, 5) is 29.4. The molecular formula is C20H24BrN3O3. The van der Waals surface area contributed by atoms with Gasteiger partial charge in [-0.3, -0.25) is 9.59 Å². The maximum Gasteiger partial charge on any atom is 0.220 e. The van der Waals surface area contributed by atoms with Gasteiger partial charge in [-0.25, -0.2) is 4.98 Å². The van der Waals surface area contributed by atoms with E-state index in [4.69, 9.17) is 4.74 Å².